The van der Waals surface area contributed by atoms with Gasteiger partial charge in [0.25, 0.3) is 0 Å². The van der Waals surface area contributed by atoms with Crippen LogP contribution in [-0.4, -0.2) is 138 Å². The molecule has 0 spiro atoms. The zero-order chi connectivity index (χ0) is 49.9. The Morgan fingerprint density at radius 1 is 0.254 bits per heavy atom. The largest absolute Gasteiger partial charge is 6.00 e. The smallest absolute Gasteiger partial charge is 0.411 e. The van der Waals surface area contributed by atoms with Crippen LogP contribution in [0.5, 0.6) is 0 Å². The molecule has 63 heavy (non-hydrogen) atoms. The van der Waals surface area contributed by atoms with Crippen LogP contribution < -0.4 is 0 Å². The fraction of sp³-hybridized carbons (Fsp3) is 0.857. The Bertz CT molecular complexity index is 821. The van der Waals surface area contributed by atoms with Crippen LogP contribution >= 0.6 is 73.3 Å². The van der Waals surface area contributed by atoms with Crippen molar-refractivity contribution in [2.24, 2.45) is 0 Å². The summed E-state index contributed by atoms with van der Waals surface area (Å²) in [6.45, 7) is 37.7. The van der Waals surface area contributed by atoms with E-state index in [0.717, 1.165) is 156 Å². The first-order valence-electron chi connectivity index (χ1n) is 22.2. The Labute approximate surface area is 475 Å². The molecule has 0 saturated heterocycles. The van der Waals surface area contributed by atoms with Gasteiger partial charge in [-0.15, -0.1) is 0 Å². The van der Waals surface area contributed by atoms with Crippen molar-refractivity contribution in [3.63, 3.8) is 0 Å². The van der Waals surface area contributed by atoms with E-state index in [1.54, 1.807) is 0 Å². The van der Waals surface area contributed by atoms with Gasteiger partial charge >= 0.3 is 21.1 Å². The van der Waals surface area contributed by atoms with Crippen molar-refractivity contribution in [2.75, 3.05) is 78.5 Å². The molecule has 0 aliphatic carbocycles. The summed E-state index contributed by atoms with van der Waals surface area (Å²) in [5.41, 5.74) is 0. The zero-order valence-electron chi connectivity index (χ0n) is 40.8. The van der Waals surface area contributed by atoms with E-state index < -0.39 is 0 Å². The minimum absolute atomic E-state index is 0. The number of nitrogens with zero attached hydrogens (tertiary/aromatic N) is 6. The monoisotopic (exact) mass is 1200 g/mol. The van der Waals surface area contributed by atoms with Crippen LogP contribution in [0, 0.1) is 0 Å². The first-order valence-corrected chi connectivity index (χ1v) is 27.5. The Morgan fingerprint density at radius 2 is 0.317 bits per heavy atom. The predicted octanol–water partition coefficient (Wildman–Crippen LogP) is 11.3. The fourth-order valence-electron chi connectivity index (χ4n) is 5.01. The van der Waals surface area contributed by atoms with E-state index >= 15 is 0 Å². The Kier molecular flexibility index (Phi) is 84.5. The maximum absolute atomic E-state index is 7.83. The van der Waals surface area contributed by atoms with Crippen LogP contribution in [0.2, 0.25) is 0 Å². The molecule has 0 saturated carbocycles. The molecule has 0 aliphatic heterocycles. The second kappa shape index (κ2) is 65.5. The number of rotatable bonds is 24. The third kappa shape index (κ3) is 63.4. The maximum Gasteiger partial charge on any atom is 6.00 e. The van der Waals surface area contributed by atoms with Crippen LogP contribution in [0.1, 0.15) is 160 Å². The molecule has 0 radical (unpaired) electrons. The van der Waals surface area contributed by atoms with Crippen molar-refractivity contribution < 1.29 is 25.3 Å². The van der Waals surface area contributed by atoms with E-state index in [1.807, 2.05) is 0 Å². The van der Waals surface area contributed by atoms with Crippen molar-refractivity contribution >= 4 is 188 Å². The van der Waals surface area contributed by atoms with Gasteiger partial charge in [-0.25, -0.2) is 0 Å². The minimum atomic E-state index is 0. The van der Waals surface area contributed by atoms with E-state index in [0.29, 0.717) is 25.9 Å². The van der Waals surface area contributed by atoms with Gasteiger partial charge in [0, 0.05) is 78.5 Å². The molecule has 0 atom stereocenters. The van der Waals surface area contributed by atoms with Gasteiger partial charge in [-0.2, -0.15) is 4.21 Å². The molecule has 0 unspecified atom stereocenters. The average Bonchev–Trinajstić information content (AvgIpc) is 3.22. The summed E-state index contributed by atoms with van der Waals surface area (Å²) in [6.07, 6.45) is 13.5. The summed E-state index contributed by atoms with van der Waals surface area (Å²) in [5.74, 6) is 0. The van der Waals surface area contributed by atoms with E-state index in [4.69, 9.17) is 153 Å². The summed E-state index contributed by atoms with van der Waals surface area (Å²) < 4.78 is 11.5. The maximum atomic E-state index is 7.83. The molecule has 0 fully saturated rings. The van der Waals surface area contributed by atoms with Gasteiger partial charge < -0.3 is 178 Å². The van der Waals surface area contributed by atoms with E-state index in [9.17, 15) is 0 Å². The van der Waals surface area contributed by atoms with Crippen molar-refractivity contribution in [3.05, 3.63) is 0 Å². The van der Waals surface area contributed by atoms with Gasteiger partial charge in [0.05, 0.1) is 0 Å². The fourth-order valence-corrected chi connectivity index (χ4v) is 7.20. The second-order valence-electron chi connectivity index (χ2n) is 13.5. The van der Waals surface area contributed by atoms with E-state index in [1.165, 1.54) is 0 Å². The molecule has 0 aromatic carbocycles. The van der Waals surface area contributed by atoms with Crippen LogP contribution in [0.25, 0.3) is 0 Å². The number of hydrogen-bond acceptors (Lipinski definition) is 14. The van der Waals surface area contributed by atoms with E-state index in [2.05, 4.69) is 125 Å². The van der Waals surface area contributed by atoms with E-state index in [-0.39, 0.29) is 21.1 Å². The molecule has 0 bridgehead atoms. The topological polar surface area (TPSA) is 36.5 Å². The molecular formula is C42H84MoN6OS13. The zero-order valence-corrected chi connectivity index (χ0v) is 53.4. The third-order valence-corrected chi connectivity index (χ3v) is 10.6. The summed E-state index contributed by atoms with van der Waals surface area (Å²) >= 11 is 61.5. The van der Waals surface area contributed by atoms with Crippen LogP contribution in [-0.2, 0) is 109 Å². The van der Waals surface area contributed by atoms with Gasteiger partial charge in [0.15, 0.2) is 12.5 Å². The molecule has 0 aliphatic rings. The average molecular weight is 1200 g/mol. The van der Waals surface area contributed by atoms with Gasteiger partial charge in [0.2, 0.25) is 0 Å². The van der Waals surface area contributed by atoms with Gasteiger partial charge in [-0.05, 0) is 77.0 Å². The second-order valence-corrected chi connectivity index (χ2v) is 19.7. The predicted molar refractivity (Wildman–Crippen MR) is 321 cm³/mol. The first kappa shape index (κ1) is 81.3. The quantitative estimate of drug-likeness (QED) is 0.0522. The minimum Gasteiger partial charge on any atom is -0.411 e. The van der Waals surface area contributed by atoms with Gasteiger partial charge in [-0.3, -0.25) is 0 Å². The van der Waals surface area contributed by atoms with Crippen molar-refractivity contribution in [2.45, 2.75) is 160 Å². The molecule has 0 amide bonds. The third-order valence-electron chi connectivity index (χ3n) is 7.47. The molecule has 0 N–H and O–H groups in total. The number of thiocarbonyl (C=S) groups is 6. The summed E-state index contributed by atoms with van der Waals surface area (Å²) in [6, 6.07) is 0. The summed E-state index contributed by atoms with van der Waals surface area (Å²) in [7, 11) is 0. The van der Waals surface area contributed by atoms with Crippen molar-refractivity contribution in [1.82, 2.24) is 29.4 Å². The molecule has 0 aromatic heterocycles. The molecule has 0 rings (SSSR count). The first-order chi connectivity index (χ1) is 29.3. The van der Waals surface area contributed by atoms with Gasteiger partial charge in [-0.1, -0.05) is 109 Å². The Morgan fingerprint density at radius 3 is 0.349 bits per heavy atom. The van der Waals surface area contributed by atoms with Crippen LogP contribution in [0.3, 0.4) is 0 Å². The molecule has 0 aromatic rings. The van der Waals surface area contributed by atoms with Gasteiger partial charge in [0.1, 0.15) is 0 Å². The molecule has 21 heteroatoms. The molecule has 372 valence electrons. The Hall–Kier alpha value is 1.37. The van der Waals surface area contributed by atoms with Crippen molar-refractivity contribution in [3.8, 4) is 0 Å². The normalized spacial score (nSPS) is 9.02. The Balaban J connectivity index is -0.0000000949. The SMILES string of the molecule is CCCN(CCC)C(=S)[S-].CCCN(CCC)C(=S)[S-].CCCN(CCC)C(=S)[S-].CCCN(CCC)C(=S)[S-].CCCN(CCC)C(=S)[S-].CCCN(CCC)C(=S)[S-].O=S.[Mo+6]. The molecule has 7 nitrogen and oxygen atoms in total. The standard InChI is InChI=1S/6C7H15NS2.Mo.OS/c6*1-3-5-8(6-4-2)7(9)10;;1-2/h6*3-6H2,1-2H3,(H,9,10);;/q;;;;;;+6;/p-6. The van der Waals surface area contributed by atoms with Crippen LogP contribution in [0.15, 0.2) is 0 Å². The van der Waals surface area contributed by atoms with Crippen molar-refractivity contribution in [1.29, 1.82) is 0 Å². The molecule has 0 heterocycles. The van der Waals surface area contributed by atoms with Crippen LogP contribution in [0.4, 0.5) is 0 Å². The molecular weight excluding hydrogens is 1120 g/mol. The number of hydrogen-bond donors (Lipinski definition) is 0. The summed E-state index contributed by atoms with van der Waals surface area (Å²) in [5, 5.41) is 0. The summed E-state index contributed by atoms with van der Waals surface area (Å²) in [4.78, 5) is 12.4.